The average Bonchev–Trinajstić information content (AvgIpc) is 2.82. The summed E-state index contributed by atoms with van der Waals surface area (Å²) in [6.45, 7) is 1.08. The summed E-state index contributed by atoms with van der Waals surface area (Å²) in [7, 11) is 0. The van der Waals surface area contributed by atoms with Crippen molar-refractivity contribution >= 4 is 33.2 Å². The molecule has 0 unspecified atom stereocenters. The molecule has 0 fully saturated rings. The number of nitrogens with two attached hydrogens (primary N) is 1. The first kappa shape index (κ1) is 14.2. The van der Waals surface area contributed by atoms with Gasteiger partial charge in [-0.1, -0.05) is 18.2 Å². The van der Waals surface area contributed by atoms with Crippen LogP contribution >= 0.6 is 27.3 Å². The number of carbonyl (C=O) groups is 1. The van der Waals surface area contributed by atoms with Gasteiger partial charge in [0, 0.05) is 14.9 Å². The molecule has 0 aliphatic heterocycles. The lowest BCUT2D eigenvalue weighted by Gasteiger charge is -2.09. The first-order valence-corrected chi connectivity index (χ1v) is 7.67. The minimum atomic E-state index is -0.0515. The lowest BCUT2D eigenvalue weighted by molar-refractivity contribution is 0.0950. The van der Waals surface area contributed by atoms with Crippen molar-refractivity contribution in [2.45, 2.75) is 13.0 Å². The molecule has 1 amide bonds. The van der Waals surface area contributed by atoms with E-state index in [1.54, 1.807) is 11.3 Å². The van der Waals surface area contributed by atoms with Crippen LogP contribution in [0.3, 0.4) is 0 Å². The number of carbonyl (C=O) groups excluding carboxylic acids is 1. The largest absolute Gasteiger partial charge is 0.347 e. The Kier molecular flexibility index (Phi) is 5.13. The second-order valence-electron chi connectivity index (χ2n) is 4.07. The number of nitrogens with one attached hydrogen (secondary N) is 1. The van der Waals surface area contributed by atoms with Gasteiger partial charge < -0.3 is 11.1 Å². The minimum absolute atomic E-state index is 0.0515. The van der Waals surface area contributed by atoms with E-state index in [0.717, 1.165) is 14.9 Å². The molecule has 2 aromatic rings. The molecule has 0 spiro atoms. The van der Waals surface area contributed by atoms with Gasteiger partial charge in [0.1, 0.15) is 0 Å². The molecule has 3 nitrogen and oxygen atoms in total. The van der Waals surface area contributed by atoms with Gasteiger partial charge >= 0.3 is 0 Å². The maximum Gasteiger partial charge on any atom is 0.251 e. The van der Waals surface area contributed by atoms with Gasteiger partial charge in [0.05, 0.1) is 6.54 Å². The molecule has 0 aliphatic carbocycles. The SMILES string of the molecule is NCCc1ccccc1C(=O)NCc1sccc1Br. The number of rotatable bonds is 5. The monoisotopic (exact) mass is 338 g/mol. The van der Waals surface area contributed by atoms with Crippen LogP contribution in [0.25, 0.3) is 0 Å². The highest BCUT2D eigenvalue weighted by molar-refractivity contribution is 9.10. The van der Waals surface area contributed by atoms with Gasteiger partial charge in [-0.05, 0) is 52.0 Å². The zero-order valence-corrected chi connectivity index (χ0v) is 12.8. The van der Waals surface area contributed by atoms with Crippen LogP contribution in [0.15, 0.2) is 40.2 Å². The third-order valence-electron chi connectivity index (χ3n) is 2.78. The number of benzene rings is 1. The molecule has 1 aromatic heterocycles. The van der Waals surface area contributed by atoms with Crippen molar-refractivity contribution in [3.63, 3.8) is 0 Å². The zero-order chi connectivity index (χ0) is 13.7. The zero-order valence-electron chi connectivity index (χ0n) is 10.4. The summed E-state index contributed by atoms with van der Waals surface area (Å²) in [4.78, 5) is 13.3. The second-order valence-corrected chi connectivity index (χ2v) is 5.93. The minimum Gasteiger partial charge on any atom is -0.347 e. The lowest BCUT2D eigenvalue weighted by atomic mass is 10.0. The van der Waals surface area contributed by atoms with Gasteiger partial charge in [0.2, 0.25) is 0 Å². The smallest absolute Gasteiger partial charge is 0.251 e. The van der Waals surface area contributed by atoms with Crippen molar-refractivity contribution < 1.29 is 4.79 Å². The van der Waals surface area contributed by atoms with Crippen LogP contribution in [0, 0.1) is 0 Å². The highest BCUT2D eigenvalue weighted by atomic mass is 79.9. The Balaban J connectivity index is 2.06. The number of halogens is 1. The molecule has 0 atom stereocenters. The van der Waals surface area contributed by atoms with Crippen molar-refractivity contribution in [3.8, 4) is 0 Å². The topological polar surface area (TPSA) is 55.1 Å². The maximum absolute atomic E-state index is 12.2. The summed E-state index contributed by atoms with van der Waals surface area (Å²) < 4.78 is 1.04. The van der Waals surface area contributed by atoms with Crippen LogP contribution in [0.4, 0.5) is 0 Å². The summed E-state index contributed by atoms with van der Waals surface area (Å²) in [6, 6.07) is 9.56. The molecule has 0 aliphatic rings. The van der Waals surface area contributed by atoms with E-state index in [4.69, 9.17) is 5.73 Å². The molecule has 19 heavy (non-hydrogen) atoms. The van der Waals surface area contributed by atoms with Gasteiger partial charge in [0.15, 0.2) is 0 Å². The van der Waals surface area contributed by atoms with Crippen LogP contribution in [0.5, 0.6) is 0 Å². The predicted octanol–water partition coefficient (Wildman–Crippen LogP) is 2.94. The van der Waals surface area contributed by atoms with E-state index < -0.39 is 0 Å². The Morgan fingerprint density at radius 3 is 2.79 bits per heavy atom. The van der Waals surface area contributed by atoms with E-state index >= 15 is 0 Å². The van der Waals surface area contributed by atoms with Gasteiger partial charge in [-0.2, -0.15) is 0 Å². The van der Waals surface area contributed by atoms with Gasteiger partial charge in [-0.25, -0.2) is 0 Å². The molecule has 0 saturated heterocycles. The van der Waals surface area contributed by atoms with Crippen molar-refractivity contribution in [3.05, 3.63) is 56.2 Å². The third kappa shape index (κ3) is 3.65. The van der Waals surface area contributed by atoms with Crippen molar-refractivity contribution in [1.82, 2.24) is 5.32 Å². The Bertz CT molecular complexity index is 568. The Morgan fingerprint density at radius 1 is 1.32 bits per heavy atom. The van der Waals surface area contributed by atoms with Gasteiger partial charge in [0.25, 0.3) is 5.91 Å². The first-order chi connectivity index (χ1) is 9.22. The van der Waals surface area contributed by atoms with Gasteiger partial charge in [-0.3, -0.25) is 4.79 Å². The lowest BCUT2D eigenvalue weighted by Crippen LogP contribution is -2.24. The molecule has 5 heteroatoms. The van der Waals surface area contributed by atoms with E-state index in [1.807, 2.05) is 35.7 Å². The summed E-state index contributed by atoms with van der Waals surface area (Å²) in [5.74, 6) is -0.0515. The molecule has 0 bridgehead atoms. The summed E-state index contributed by atoms with van der Waals surface area (Å²) in [6.07, 6.45) is 0.715. The van der Waals surface area contributed by atoms with E-state index in [9.17, 15) is 4.79 Å². The number of thiophene rings is 1. The van der Waals surface area contributed by atoms with Crippen LogP contribution in [0.1, 0.15) is 20.8 Å². The molecule has 1 heterocycles. The normalized spacial score (nSPS) is 10.4. The van der Waals surface area contributed by atoms with Crippen molar-refractivity contribution in [2.75, 3.05) is 6.54 Å². The fourth-order valence-electron chi connectivity index (χ4n) is 1.82. The maximum atomic E-state index is 12.2. The molecule has 100 valence electrons. The number of amides is 1. The first-order valence-electron chi connectivity index (χ1n) is 6.00. The van der Waals surface area contributed by atoms with Crippen LogP contribution in [-0.2, 0) is 13.0 Å². The van der Waals surface area contributed by atoms with Crippen LogP contribution < -0.4 is 11.1 Å². The molecule has 2 rings (SSSR count). The molecule has 3 N–H and O–H groups in total. The third-order valence-corrected chi connectivity index (χ3v) is 4.70. The number of hydrogen-bond donors (Lipinski definition) is 2. The average molecular weight is 339 g/mol. The Morgan fingerprint density at radius 2 is 2.11 bits per heavy atom. The van der Waals surface area contributed by atoms with E-state index in [-0.39, 0.29) is 5.91 Å². The van der Waals surface area contributed by atoms with E-state index in [0.29, 0.717) is 25.1 Å². The molecular formula is C14H15BrN2OS. The highest BCUT2D eigenvalue weighted by Gasteiger charge is 2.11. The van der Waals surface area contributed by atoms with Crippen LogP contribution in [0.2, 0.25) is 0 Å². The van der Waals surface area contributed by atoms with Crippen LogP contribution in [-0.4, -0.2) is 12.5 Å². The van der Waals surface area contributed by atoms with E-state index in [1.165, 1.54) is 0 Å². The molecule has 1 aromatic carbocycles. The predicted molar refractivity (Wildman–Crippen MR) is 82.4 cm³/mol. The Labute approximate surface area is 125 Å². The highest BCUT2D eigenvalue weighted by Crippen LogP contribution is 2.22. The fraction of sp³-hybridized carbons (Fsp3) is 0.214. The molecule has 0 radical (unpaired) electrons. The molecular weight excluding hydrogens is 324 g/mol. The Hall–Kier alpha value is -1.17. The fourth-order valence-corrected chi connectivity index (χ4v) is 3.25. The van der Waals surface area contributed by atoms with Crippen molar-refractivity contribution in [2.24, 2.45) is 5.73 Å². The second kappa shape index (κ2) is 6.84. The summed E-state index contributed by atoms with van der Waals surface area (Å²) in [5.41, 5.74) is 7.27. The summed E-state index contributed by atoms with van der Waals surface area (Å²) in [5, 5.41) is 4.94. The van der Waals surface area contributed by atoms with E-state index in [2.05, 4.69) is 21.2 Å². The standard InChI is InChI=1S/C14H15BrN2OS/c15-12-6-8-19-13(12)9-17-14(18)11-4-2-1-3-10(11)5-7-16/h1-4,6,8H,5,7,9,16H2,(H,17,18). The molecule has 0 saturated carbocycles. The number of hydrogen-bond acceptors (Lipinski definition) is 3. The van der Waals surface area contributed by atoms with Crippen molar-refractivity contribution in [1.29, 1.82) is 0 Å². The quantitative estimate of drug-likeness (QED) is 0.880. The van der Waals surface area contributed by atoms with Gasteiger partial charge in [-0.15, -0.1) is 11.3 Å². The summed E-state index contributed by atoms with van der Waals surface area (Å²) >= 11 is 5.07.